The van der Waals surface area contributed by atoms with Gasteiger partial charge in [0.25, 0.3) is 0 Å². The number of benzene rings is 1. The van der Waals surface area contributed by atoms with Gasteiger partial charge in [-0.3, -0.25) is 9.59 Å². The third kappa shape index (κ3) is 4.57. The number of hydrogen-bond donors (Lipinski definition) is 2. The molecule has 28 heavy (non-hydrogen) atoms. The van der Waals surface area contributed by atoms with Gasteiger partial charge in [0.15, 0.2) is 0 Å². The number of furan rings is 1. The van der Waals surface area contributed by atoms with Crippen molar-refractivity contribution in [3.63, 3.8) is 0 Å². The highest BCUT2D eigenvalue weighted by Crippen LogP contribution is 2.26. The van der Waals surface area contributed by atoms with Crippen LogP contribution in [0.1, 0.15) is 18.6 Å². The lowest BCUT2D eigenvalue weighted by Gasteiger charge is -2.23. The Balaban J connectivity index is 1.58. The summed E-state index contributed by atoms with van der Waals surface area (Å²) in [6.07, 6.45) is 2.35. The molecule has 0 radical (unpaired) electrons. The topological polar surface area (TPSA) is 109 Å². The van der Waals surface area contributed by atoms with Crippen LogP contribution in [0.4, 0.5) is 4.39 Å². The van der Waals surface area contributed by atoms with Gasteiger partial charge in [0.2, 0.25) is 21.8 Å². The van der Waals surface area contributed by atoms with E-state index in [4.69, 9.17) is 4.42 Å². The van der Waals surface area contributed by atoms with Crippen LogP contribution in [0.25, 0.3) is 0 Å². The quantitative estimate of drug-likeness (QED) is 0.709. The minimum Gasteiger partial charge on any atom is -0.467 e. The second-order valence-corrected chi connectivity index (χ2v) is 8.19. The zero-order chi connectivity index (χ0) is 20.1. The molecule has 1 aromatic carbocycles. The Kier molecular flexibility index (Phi) is 6.10. The second-order valence-electron chi connectivity index (χ2n) is 6.30. The molecule has 8 nitrogen and oxygen atoms in total. The molecule has 2 amide bonds. The summed E-state index contributed by atoms with van der Waals surface area (Å²) in [5.74, 6) is -0.936. The number of carbonyl (C=O) groups is 2. The van der Waals surface area contributed by atoms with Crippen LogP contribution in [0.15, 0.2) is 52.0 Å². The Bertz CT molecular complexity index is 929. The maximum absolute atomic E-state index is 13.1. The van der Waals surface area contributed by atoms with Crippen LogP contribution in [0.5, 0.6) is 0 Å². The van der Waals surface area contributed by atoms with Crippen molar-refractivity contribution in [1.82, 2.24) is 14.9 Å². The molecule has 1 fully saturated rings. The van der Waals surface area contributed by atoms with Crippen LogP contribution in [0, 0.1) is 5.82 Å². The molecule has 0 bridgehead atoms. The SMILES string of the molecule is O=C(CNC(=O)C1CCCN1S(=O)(=O)c1ccc(F)cc1)NCc1ccco1. The number of sulfonamides is 1. The van der Waals surface area contributed by atoms with Crippen LogP contribution < -0.4 is 10.6 Å². The first kappa shape index (κ1) is 20.0. The van der Waals surface area contributed by atoms with Crippen LogP contribution >= 0.6 is 0 Å². The number of amides is 2. The lowest BCUT2D eigenvalue weighted by molar-refractivity contribution is -0.128. The zero-order valence-electron chi connectivity index (χ0n) is 14.9. The van der Waals surface area contributed by atoms with E-state index in [1.54, 1.807) is 12.1 Å². The predicted molar refractivity (Wildman–Crippen MR) is 96.9 cm³/mol. The summed E-state index contributed by atoms with van der Waals surface area (Å²) in [6, 6.07) is 6.94. The van der Waals surface area contributed by atoms with Crippen LogP contribution in [-0.4, -0.2) is 43.7 Å². The largest absolute Gasteiger partial charge is 0.467 e. The molecule has 3 rings (SSSR count). The molecular weight excluding hydrogens is 389 g/mol. The van der Waals surface area contributed by atoms with Gasteiger partial charge in [0.1, 0.15) is 17.6 Å². The van der Waals surface area contributed by atoms with E-state index in [1.165, 1.54) is 18.4 Å². The molecular formula is C18H20FN3O5S. The minimum absolute atomic E-state index is 0.0789. The molecule has 0 aliphatic carbocycles. The van der Waals surface area contributed by atoms with E-state index in [9.17, 15) is 22.4 Å². The highest BCUT2D eigenvalue weighted by molar-refractivity contribution is 7.89. The molecule has 1 saturated heterocycles. The van der Waals surface area contributed by atoms with E-state index in [2.05, 4.69) is 10.6 Å². The van der Waals surface area contributed by atoms with Gasteiger partial charge < -0.3 is 15.1 Å². The Labute approximate surface area is 161 Å². The van der Waals surface area contributed by atoms with Gasteiger partial charge in [0.05, 0.1) is 24.2 Å². The summed E-state index contributed by atoms with van der Waals surface area (Å²) >= 11 is 0. The second kappa shape index (κ2) is 8.53. The Morgan fingerprint density at radius 2 is 1.93 bits per heavy atom. The molecule has 1 atom stereocenters. The first-order valence-corrected chi connectivity index (χ1v) is 10.2. The molecule has 150 valence electrons. The minimum atomic E-state index is -3.94. The zero-order valence-corrected chi connectivity index (χ0v) is 15.7. The first-order valence-electron chi connectivity index (χ1n) is 8.72. The van der Waals surface area contributed by atoms with E-state index in [0.717, 1.165) is 16.4 Å². The molecule has 0 saturated carbocycles. The Hall–Kier alpha value is -2.72. The highest BCUT2D eigenvalue weighted by atomic mass is 32.2. The molecule has 1 aliphatic rings. The van der Waals surface area contributed by atoms with E-state index in [0.29, 0.717) is 18.6 Å². The fourth-order valence-corrected chi connectivity index (χ4v) is 4.63. The number of carbonyl (C=O) groups excluding carboxylic acids is 2. The smallest absolute Gasteiger partial charge is 0.243 e. The van der Waals surface area contributed by atoms with Gasteiger partial charge in [-0.2, -0.15) is 4.31 Å². The number of hydrogen-bond acceptors (Lipinski definition) is 5. The van der Waals surface area contributed by atoms with Gasteiger partial charge >= 0.3 is 0 Å². The summed E-state index contributed by atoms with van der Waals surface area (Å²) in [5.41, 5.74) is 0. The molecule has 1 unspecified atom stereocenters. The van der Waals surface area contributed by atoms with Crippen LogP contribution in [-0.2, 0) is 26.2 Å². The van der Waals surface area contributed by atoms with Crippen molar-refractivity contribution in [1.29, 1.82) is 0 Å². The fourth-order valence-electron chi connectivity index (χ4n) is 2.98. The highest BCUT2D eigenvalue weighted by Gasteiger charge is 2.39. The summed E-state index contributed by atoms with van der Waals surface area (Å²) in [7, 11) is -3.94. The van der Waals surface area contributed by atoms with Crippen molar-refractivity contribution in [3.8, 4) is 0 Å². The van der Waals surface area contributed by atoms with Crippen LogP contribution in [0.2, 0.25) is 0 Å². The molecule has 2 heterocycles. The fraction of sp³-hybridized carbons (Fsp3) is 0.333. The van der Waals surface area contributed by atoms with E-state index in [-0.39, 0.29) is 24.5 Å². The van der Waals surface area contributed by atoms with Crippen molar-refractivity contribution in [2.75, 3.05) is 13.1 Å². The maximum atomic E-state index is 13.1. The maximum Gasteiger partial charge on any atom is 0.243 e. The van der Waals surface area contributed by atoms with Crippen molar-refractivity contribution in [2.24, 2.45) is 0 Å². The summed E-state index contributed by atoms with van der Waals surface area (Å²) in [6.45, 7) is 0.0964. The van der Waals surface area contributed by atoms with E-state index >= 15 is 0 Å². The average molecular weight is 409 g/mol. The van der Waals surface area contributed by atoms with E-state index < -0.39 is 33.7 Å². The Morgan fingerprint density at radius 1 is 1.18 bits per heavy atom. The number of nitrogens with zero attached hydrogens (tertiary/aromatic N) is 1. The van der Waals surface area contributed by atoms with Crippen molar-refractivity contribution in [3.05, 3.63) is 54.2 Å². The van der Waals surface area contributed by atoms with Crippen molar-refractivity contribution in [2.45, 2.75) is 30.3 Å². The molecule has 0 spiro atoms. The number of nitrogens with one attached hydrogen (secondary N) is 2. The molecule has 1 aromatic heterocycles. The van der Waals surface area contributed by atoms with Gasteiger partial charge in [-0.15, -0.1) is 0 Å². The normalized spacial score (nSPS) is 17.4. The predicted octanol–water partition coefficient (Wildman–Crippen LogP) is 1.00. The van der Waals surface area contributed by atoms with Crippen molar-refractivity contribution < 1.29 is 26.8 Å². The monoisotopic (exact) mass is 409 g/mol. The van der Waals surface area contributed by atoms with Gasteiger partial charge in [-0.1, -0.05) is 0 Å². The molecule has 10 heteroatoms. The first-order chi connectivity index (χ1) is 13.4. The summed E-state index contributed by atoms with van der Waals surface area (Å²) < 4.78 is 44.8. The standard InChI is InChI=1S/C18H20FN3O5S/c19-13-5-7-15(8-6-13)28(25,26)22-9-1-4-16(22)18(24)21-12-17(23)20-11-14-3-2-10-27-14/h2-3,5-8,10,16H,1,4,9,11-12H2,(H,20,23)(H,21,24). The molecule has 2 N–H and O–H groups in total. The van der Waals surface area contributed by atoms with Crippen LogP contribution in [0.3, 0.4) is 0 Å². The molecule has 1 aliphatic heterocycles. The lowest BCUT2D eigenvalue weighted by Crippen LogP contribution is -2.48. The Morgan fingerprint density at radius 3 is 2.61 bits per heavy atom. The average Bonchev–Trinajstić information content (AvgIpc) is 3.36. The van der Waals surface area contributed by atoms with Gasteiger partial charge in [-0.05, 0) is 49.2 Å². The van der Waals surface area contributed by atoms with E-state index in [1.807, 2.05) is 0 Å². The summed E-state index contributed by atoms with van der Waals surface area (Å²) in [5, 5.41) is 5.06. The molecule has 2 aromatic rings. The van der Waals surface area contributed by atoms with Gasteiger partial charge in [0, 0.05) is 6.54 Å². The lowest BCUT2D eigenvalue weighted by atomic mass is 10.2. The third-order valence-electron chi connectivity index (χ3n) is 4.39. The van der Waals surface area contributed by atoms with Gasteiger partial charge in [-0.25, -0.2) is 12.8 Å². The number of halogens is 1. The third-order valence-corrected chi connectivity index (χ3v) is 6.31. The van der Waals surface area contributed by atoms with Crippen molar-refractivity contribution >= 4 is 21.8 Å². The summed E-state index contributed by atoms with van der Waals surface area (Å²) in [4.78, 5) is 24.2. The number of rotatable bonds is 7.